The monoisotopic (exact) mass is 274 g/mol. The molecule has 3 N–H and O–H groups in total. The summed E-state index contributed by atoms with van der Waals surface area (Å²) in [6.07, 6.45) is 4.36. The number of anilines is 1. The van der Waals surface area contributed by atoms with E-state index in [0.29, 0.717) is 10.6 Å². The minimum atomic E-state index is -0.0137. The fraction of sp³-hybridized carbons (Fsp3) is 0.400. The van der Waals surface area contributed by atoms with Crippen LogP contribution in [0.25, 0.3) is 10.1 Å². The number of nitrogen functional groups attached to an aromatic ring is 1. The smallest absolute Gasteiger partial charge is 0.263 e. The predicted molar refractivity (Wildman–Crippen MR) is 80.6 cm³/mol. The summed E-state index contributed by atoms with van der Waals surface area (Å²) in [6, 6.07) is 7.90. The molecule has 3 nitrogen and oxygen atoms in total. The second-order valence-corrected chi connectivity index (χ2v) is 6.33. The standard InChI is InChI=1S/C15H18N2OS/c1-2-15(8-5-9-15)17-14(18)13-12(16)10-6-3-4-7-11(10)19-13/h3-4,6-7H,2,5,8-9,16H2,1H3,(H,17,18). The van der Waals surface area contributed by atoms with Crippen molar-refractivity contribution in [2.45, 2.75) is 38.1 Å². The van der Waals surface area contributed by atoms with Crippen LogP contribution in [0.3, 0.4) is 0 Å². The van der Waals surface area contributed by atoms with E-state index in [1.807, 2.05) is 24.3 Å². The molecule has 1 heterocycles. The number of nitrogens with one attached hydrogen (secondary N) is 1. The molecule has 0 bridgehead atoms. The average Bonchev–Trinajstić information content (AvgIpc) is 2.72. The second kappa shape index (κ2) is 4.53. The topological polar surface area (TPSA) is 55.1 Å². The second-order valence-electron chi connectivity index (χ2n) is 5.28. The van der Waals surface area contributed by atoms with Gasteiger partial charge in [0, 0.05) is 15.6 Å². The molecule has 0 aliphatic heterocycles. The number of thiophene rings is 1. The van der Waals surface area contributed by atoms with Gasteiger partial charge in [0.25, 0.3) is 5.91 Å². The molecule has 1 aromatic carbocycles. The van der Waals surface area contributed by atoms with Crippen molar-refractivity contribution in [3.8, 4) is 0 Å². The lowest BCUT2D eigenvalue weighted by Crippen LogP contribution is -2.52. The van der Waals surface area contributed by atoms with Crippen LogP contribution in [0.5, 0.6) is 0 Å². The van der Waals surface area contributed by atoms with Crippen LogP contribution in [0.2, 0.25) is 0 Å². The minimum Gasteiger partial charge on any atom is -0.397 e. The summed E-state index contributed by atoms with van der Waals surface area (Å²) in [5.41, 5.74) is 6.74. The first-order valence-electron chi connectivity index (χ1n) is 6.75. The molecule has 1 aromatic heterocycles. The van der Waals surface area contributed by atoms with Gasteiger partial charge in [-0.15, -0.1) is 11.3 Å². The van der Waals surface area contributed by atoms with E-state index in [1.54, 1.807) is 0 Å². The van der Waals surface area contributed by atoms with Crippen LogP contribution in [-0.2, 0) is 0 Å². The molecule has 1 saturated carbocycles. The van der Waals surface area contributed by atoms with E-state index in [0.717, 1.165) is 29.3 Å². The Morgan fingerprint density at radius 1 is 1.42 bits per heavy atom. The summed E-state index contributed by atoms with van der Waals surface area (Å²) in [5.74, 6) is -0.0137. The van der Waals surface area contributed by atoms with Gasteiger partial charge in [0.05, 0.1) is 5.69 Å². The third kappa shape index (κ3) is 2.00. The lowest BCUT2D eigenvalue weighted by Gasteiger charge is -2.41. The molecule has 1 fully saturated rings. The van der Waals surface area contributed by atoms with Gasteiger partial charge in [-0.3, -0.25) is 4.79 Å². The van der Waals surface area contributed by atoms with E-state index in [-0.39, 0.29) is 11.4 Å². The maximum atomic E-state index is 12.4. The first kappa shape index (κ1) is 12.5. The Morgan fingerprint density at radius 2 is 2.16 bits per heavy atom. The van der Waals surface area contributed by atoms with Crippen molar-refractivity contribution in [2.24, 2.45) is 0 Å². The zero-order valence-corrected chi connectivity index (χ0v) is 11.8. The highest BCUT2D eigenvalue weighted by Gasteiger charge is 2.37. The molecule has 0 unspecified atom stereocenters. The Morgan fingerprint density at radius 3 is 2.74 bits per heavy atom. The summed E-state index contributed by atoms with van der Waals surface area (Å²) in [7, 11) is 0. The van der Waals surface area contributed by atoms with E-state index in [9.17, 15) is 4.79 Å². The molecular weight excluding hydrogens is 256 g/mol. The molecule has 4 heteroatoms. The van der Waals surface area contributed by atoms with Gasteiger partial charge in [-0.1, -0.05) is 25.1 Å². The molecule has 0 radical (unpaired) electrons. The molecule has 0 spiro atoms. The SMILES string of the molecule is CCC1(NC(=O)c2sc3ccccc3c2N)CCC1. The van der Waals surface area contributed by atoms with Crippen LogP contribution >= 0.6 is 11.3 Å². The highest BCUT2D eigenvalue weighted by Crippen LogP contribution is 2.37. The summed E-state index contributed by atoms with van der Waals surface area (Å²) < 4.78 is 1.07. The Labute approximate surface area is 116 Å². The third-order valence-corrected chi connectivity index (χ3v) is 5.39. The van der Waals surface area contributed by atoms with Crippen LogP contribution in [0, 0.1) is 0 Å². The lowest BCUT2D eigenvalue weighted by molar-refractivity contribution is 0.0825. The number of fused-ring (bicyclic) bond motifs is 1. The first-order chi connectivity index (χ1) is 9.15. The van der Waals surface area contributed by atoms with Crippen molar-refractivity contribution >= 4 is 33.0 Å². The average molecular weight is 274 g/mol. The fourth-order valence-corrected chi connectivity index (χ4v) is 3.72. The number of hydrogen-bond acceptors (Lipinski definition) is 3. The van der Waals surface area contributed by atoms with Gasteiger partial charge in [-0.25, -0.2) is 0 Å². The van der Waals surface area contributed by atoms with Crippen molar-refractivity contribution < 1.29 is 4.79 Å². The fourth-order valence-electron chi connectivity index (χ4n) is 2.70. The van der Waals surface area contributed by atoms with Gasteiger partial charge < -0.3 is 11.1 Å². The van der Waals surface area contributed by atoms with Crippen LogP contribution in [0.1, 0.15) is 42.3 Å². The third-order valence-electron chi connectivity index (χ3n) is 4.21. The minimum absolute atomic E-state index is 0.0136. The van der Waals surface area contributed by atoms with Gasteiger partial charge in [0.2, 0.25) is 0 Å². The van der Waals surface area contributed by atoms with E-state index in [4.69, 9.17) is 5.73 Å². The Hall–Kier alpha value is -1.55. The maximum Gasteiger partial charge on any atom is 0.263 e. The highest BCUT2D eigenvalue weighted by molar-refractivity contribution is 7.21. The maximum absolute atomic E-state index is 12.4. The summed E-state index contributed by atoms with van der Waals surface area (Å²) in [5, 5.41) is 4.17. The normalized spacial score (nSPS) is 17.1. The van der Waals surface area contributed by atoms with Gasteiger partial charge in [-0.05, 0) is 31.7 Å². The Balaban J connectivity index is 1.91. The number of benzene rings is 1. The summed E-state index contributed by atoms with van der Waals surface area (Å²) in [6.45, 7) is 2.13. The van der Waals surface area contributed by atoms with E-state index in [2.05, 4.69) is 12.2 Å². The van der Waals surface area contributed by atoms with Gasteiger partial charge in [0.15, 0.2) is 0 Å². The van der Waals surface area contributed by atoms with Crippen molar-refractivity contribution in [3.05, 3.63) is 29.1 Å². The Kier molecular flexibility index (Phi) is 2.97. The highest BCUT2D eigenvalue weighted by atomic mass is 32.1. The van der Waals surface area contributed by atoms with E-state index >= 15 is 0 Å². The van der Waals surface area contributed by atoms with E-state index < -0.39 is 0 Å². The zero-order valence-electron chi connectivity index (χ0n) is 11.0. The van der Waals surface area contributed by atoms with Gasteiger partial charge >= 0.3 is 0 Å². The molecule has 100 valence electrons. The van der Waals surface area contributed by atoms with Crippen molar-refractivity contribution in [3.63, 3.8) is 0 Å². The van der Waals surface area contributed by atoms with Crippen LogP contribution < -0.4 is 11.1 Å². The summed E-state index contributed by atoms with van der Waals surface area (Å²) >= 11 is 1.48. The number of carbonyl (C=O) groups excluding carboxylic acids is 1. The molecule has 1 amide bonds. The molecule has 19 heavy (non-hydrogen) atoms. The number of hydrogen-bond donors (Lipinski definition) is 2. The quantitative estimate of drug-likeness (QED) is 0.899. The molecular formula is C15H18N2OS. The number of amides is 1. The molecule has 0 atom stereocenters. The van der Waals surface area contributed by atoms with Crippen molar-refractivity contribution in [1.29, 1.82) is 0 Å². The van der Waals surface area contributed by atoms with Crippen molar-refractivity contribution in [2.75, 3.05) is 5.73 Å². The predicted octanol–water partition coefficient (Wildman–Crippen LogP) is 3.55. The van der Waals surface area contributed by atoms with Crippen molar-refractivity contribution in [1.82, 2.24) is 5.32 Å². The van der Waals surface area contributed by atoms with Crippen LogP contribution in [-0.4, -0.2) is 11.4 Å². The molecule has 0 saturated heterocycles. The van der Waals surface area contributed by atoms with E-state index in [1.165, 1.54) is 17.8 Å². The van der Waals surface area contributed by atoms with Gasteiger partial charge in [-0.2, -0.15) is 0 Å². The molecule has 1 aliphatic rings. The van der Waals surface area contributed by atoms with Gasteiger partial charge in [0.1, 0.15) is 4.88 Å². The number of nitrogens with two attached hydrogens (primary N) is 1. The zero-order chi connectivity index (χ0) is 13.5. The van der Waals surface area contributed by atoms with Crippen LogP contribution in [0.4, 0.5) is 5.69 Å². The molecule has 1 aliphatic carbocycles. The van der Waals surface area contributed by atoms with Crippen LogP contribution in [0.15, 0.2) is 24.3 Å². The number of rotatable bonds is 3. The molecule has 2 aromatic rings. The summed E-state index contributed by atoms with van der Waals surface area (Å²) in [4.78, 5) is 13.1. The molecule has 3 rings (SSSR count). The largest absolute Gasteiger partial charge is 0.397 e. The Bertz CT molecular complexity index is 623. The first-order valence-corrected chi connectivity index (χ1v) is 7.56. The lowest BCUT2D eigenvalue weighted by atomic mass is 9.75. The number of carbonyl (C=O) groups is 1.